The van der Waals surface area contributed by atoms with Crippen molar-refractivity contribution in [2.24, 2.45) is 5.92 Å². The fourth-order valence-corrected chi connectivity index (χ4v) is 2.11. The standard InChI is InChI=1S/C11H16N4O3/c1-8(15-7-12-6-13-15)10(16)14-4-3-9(5-14)11(17)18-2/h6-9H,3-5H2,1-2H3. The van der Waals surface area contributed by atoms with Gasteiger partial charge in [-0.15, -0.1) is 0 Å². The molecule has 2 atom stereocenters. The van der Waals surface area contributed by atoms with Crippen molar-refractivity contribution in [3.63, 3.8) is 0 Å². The quantitative estimate of drug-likeness (QED) is 0.700. The number of amides is 1. The maximum Gasteiger partial charge on any atom is 0.310 e. The smallest absolute Gasteiger partial charge is 0.310 e. The summed E-state index contributed by atoms with van der Waals surface area (Å²) in [6.45, 7) is 2.77. The zero-order chi connectivity index (χ0) is 13.1. The first-order valence-electron chi connectivity index (χ1n) is 5.84. The van der Waals surface area contributed by atoms with E-state index in [4.69, 9.17) is 4.74 Å². The molecule has 1 aromatic rings. The molecule has 0 N–H and O–H groups in total. The van der Waals surface area contributed by atoms with E-state index in [9.17, 15) is 9.59 Å². The number of carbonyl (C=O) groups excluding carboxylic acids is 2. The lowest BCUT2D eigenvalue weighted by molar-refractivity contribution is -0.145. The molecule has 98 valence electrons. The zero-order valence-electron chi connectivity index (χ0n) is 10.4. The van der Waals surface area contributed by atoms with E-state index in [0.717, 1.165) is 0 Å². The monoisotopic (exact) mass is 252 g/mol. The Morgan fingerprint density at radius 3 is 2.89 bits per heavy atom. The molecule has 2 unspecified atom stereocenters. The van der Waals surface area contributed by atoms with Crippen molar-refractivity contribution < 1.29 is 14.3 Å². The molecule has 0 bridgehead atoms. The highest BCUT2D eigenvalue weighted by atomic mass is 16.5. The number of hydrogen-bond acceptors (Lipinski definition) is 5. The topological polar surface area (TPSA) is 77.3 Å². The number of aromatic nitrogens is 3. The third-order valence-corrected chi connectivity index (χ3v) is 3.23. The second-order valence-corrected chi connectivity index (χ2v) is 4.34. The van der Waals surface area contributed by atoms with Gasteiger partial charge in [0.25, 0.3) is 0 Å². The molecule has 2 rings (SSSR count). The van der Waals surface area contributed by atoms with Crippen molar-refractivity contribution in [2.45, 2.75) is 19.4 Å². The van der Waals surface area contributed by atoms with Crippen molar-refractivity contribution in [3.8, 4) is 0 Å². The first-order chi connectivity index (χ1) is 8.63. The Labute approximate surface area is 105 Å². The fourth-order valence-electron chi connectivity index (χ4n) is 2.11. The van der Waals surface area contributed by atoms with Gasteiger partial charge in [0, 0.05) is 13.1 Å². The van der Waals surface area contributed by atoms with Crippen molar-refractivity contribution in [3.05, 3.63) is 12.7 Å². The lowest BCUT2D eigenvalue weighted by Gasteiger charge is -2.20. The van der Waals surface area contributed by atoms with E-state index in [2.05, 4.69) is 10.1 Å². The summed E-state index contributed by atoms with van der Waals surface area (Å²) in [6.07, 6.45) is 3.56. The Balaban J connectivity index is 1.97. The van der Waals surface area contributed by atoms with Crippen LogP contribution < -0.4 is 0 Å². The van der Waals surface area contributed by atoms with Gasteiger partial charge in [-0.25, -0.2) is 9.67 Å². The van der Waals surface area contributed by atoms with E-state index < -0.39 is 6.04 Å². The molecule has 0 aliphatic carbocycles. The molecule has 0 spiro atoms. The molecule has 0 radical (unpaired) electrons. The Kier molecular flexibility index (Phi) is 3.59. The summed E-state index contributed by atoms with van der Waals surface area (Å²) in [5, 5.41) is 3.95. The molecule has 1 amide bonds. The second-order valence-electron chi connectivity index (χ2n) is 4.34. The van der Waals surface area contributed by atoms with Gasteiger partial charge in [-0.2, -0.15) is 5.10 Å². The van der Waals surface area contributed by atoms with Crippen LogP contribution in [-0.2, 0) is 14.3 Å². The third-order valence-electron chi connectivity index (χ3n) is 3.23. The Hall–Kier alpha value is -1.92. The highest BCUT2D eigenvalue weighted by molar-refractivity contribution is 5.82. The first-order valence-corrected chi connectivity index (χ1v) is 5.84. The minimum atomic E-state index is -0.399. The summed E-state index contributed by atoms with van der Waals surface area (Å²) in [5.74, 6) is -0.507. The van der Waals surface area contributed by atoms with Crippen LogP contribution in [0.3, 0.4) is 0 Å². The van der Waals surface area contributed by atoms with E-state index in [1.54, 1.807) is 11.8 Å². The van der Waals surface area contributed by atoms with Gasteiger partial charge in [-0.1, -0.05) is 0 Å². The van der Waals surface area contributed by atoms with Crippen LogP contribution in [0.5, 0.6) is 0 Å². The number of likely N-dealkylation sites (tertiary alicyclic amines) is 1. The summed E-state index contributed by atoms with van der Waals surface area (Å²) in [4.78, 5) is 29.1. The predicted octanol–water partition coefficient (Wildman–Crippen LogP) is -0.139. The van der Waals surface area contributed by atoms with Crippen LogP contribution in [0, 0.1) is 5.92 Å². The largest absolute Gasteiger partial charge is 0.469 e. The van der Waals surface area contributed by atoms with Crippen LogP contribution in [0.15, 0.2) is 12.7 Å². The maximum absolute atomic E-state index is 12.2. The van der Waals surface area contributed by atoms with Crippen LogP contribution in [0.25, 0.3) is 0 Å². The van der Waals surface area contributed by atoms with Gasteiger partial charge >= 0.3 is 5.97 Å². The molecule has 7 heteroatoms. The van der Waals surface area contributed by atoms with E-state index in [-0.39, 0.29) is 17.8 Å². The Morgan fingerprint density at radius 2 is 2.28 bits per heavy atom. The molecule has 18 heavy (non-hydrogen) atoms. The van der Waals surface area contributed by atoms with Crippen molar-refractivity contribution in [1.82, 2.24) is 19.7 Å². The summed E-state index contributed by atoms with van der Waals surface area (Å²) in [7, 11) is 1.37. The average molecular weight is 252 g/mol. The fraction of sp³-hybridized carbons (Fsp3) is 0.636. The second kappa shape index (κ2) is 5.16. The summed E-state index contributed by atoms with van der Waals surface area (Å²) in [5.41, 5.74) is 0. The molecule has 1 aromatic heterocycles. The molecule has 1 saturated heterocycles. The van der Waals surface area contributed by atoms with Gasteiger partial charge < -0.3 is 9.64 Å². The predicted molar refractivity (Wildman–Crippen MR) is 61.4 cm³/mol. The number of hydrogen-bond donors (Lipinski definition) is 0. The molecular weight excluding hydrogens is 236 g/mol. The molecule has 2 heterocycles. The molecule has 1 aliphatic heterocycles. The molecule has 1 aliphatic rings. The maximum atomic E-state index is 12.2. The number of rotatable bonds is 3. The highest BCUT2D eigenvalue weighted by Crippen LogP contribution is 2.20. The average Bonchev–Trinajstić information content (AvgIpc) is 3.06. The van der Waals surface area contributed by atoms with E-state index in [1.165, 1.54) is 24.4 Å². The van der Waals surface area contributed by atoms with Gasteiger partial charge in [-0.05, 0) is 13.3 Å². The lowest BCUT2D eigenvalue weighted by Crippen LogP contribution is -2.35. The van der Waals surface area contributed by atoms with Crippen molar-refractivity contribution >= 4 is 11.9 Å². The molecule has 0 saturated carbocycles. The molecule has 1 fully saturated rings. The number of nitrogens with zero attached hydrogens (tertiary/aromatic N) is 4. The van der Waals surface area contributed by atoms with Gasteiger partial charge in [0.05, 0.1) is 13.0 Å². The third kappa shape index (κ3) is 2.34. The van der Waals surface area contributed by atoms with Crippen LogP contribution in [0.1, 0.15) is 19.4 Å². The van der Waals surface area contributed by atoms with Gasteiger partial charge in [0.1, 0.15) is 18.7 Å². The molecular formula is C11H16N4O3. The van der Waals surface area contributed by atoms with Crippen molar-refractivity contribution in [2.75, 3.05) is 20.2 Å². The van der Waals surface area contributed by atoms with Gasteiger partial charge in [0.2, 0.25) is 5.91 Å². The van der Waals surface area contributed by atoms with E-state index in [1.807, 2.05) is 0 Å². The van der Waals surface area contributed by atoms with Crippen LogP contribution in [0.2, 0.25) is 0 Å². The minimum absolute atomic E-state index is 0.0492. The number of esters is 1. The number of carbonyl (C=O) groups is 2. The van der Waals surface area contributed by atoms with Crippen LogP contribution in [0.4, 0.5) is 0 Å². The number of ether oxygens (including phenoxy) is 1. The van der Waals surface area contributed by atoms with Crippen LogP contribution in [-0.4, -0.2) is 51.7 Å². The molecule has 7 nitrogen and oxygen atoms in total. The summed E-state index contributed by atoms with van der Waals surface area (Å²) < 4.78 is 6.20. The van der Waals surface area contributed by atoms with E-state index in [0.29, 0.717) is 19.5 Å². The summed E-state index contributed by atoms with van der Waals surface area (Å²) >= 11 is 0. The zero-order valence-corrected chi connectivity index (χ0v) is 10.4. The summed E-state index contributed by atoms with van der Waals surface area (Å²) in [6, 6.07) is -0.399. The minimum Gasteiger partial charge on any atom is -0.469 e. The highest BCUT2D eigenvalue weighted by Gasteiger charge is 2.33. The van der Waals surface area contributed by atoms with Gasteiger partial charge in [-0.3, -0.25) is 9.59 Å². The SMILES string of the molecule is COC(=O)C1CCN(C(=O)C(C)n2cncn2)C1. The lowest BCUT2D eigenvalue weighted by atomic mass is 10.1. The Bertz CT molecular complexity index is 432. The molecule has 0 aromatic carbocycles. The normalized spacial score (nSPS) is 20.8. The van der Waals surface area contributed by atoms with Crippen molar-refractivity contribution in [1.29, 1.82) is 0 Å². The Morgan fingerprint density at radius 1 is 1.50 bits per heavy atom. The van der Waals surface area contributed by atoms with Gasteiger partial charge in [0.15, 0.2) is 0 Å². The van der Waals surface area contributed by atoms with Crippen LogP contribution >= 0.6 is 0 Å². The van der Waals surface area contributed by atoms with E-state index >= 15 is 0 Å². The number of methoxy groups -OCH3 is 1. The first kappa shape index (κ1) is 12.5.